The number of likely N-dealkylation sites (tertiary alicyclic amines) is 1. The van der Waals surface area contributed by atoms with Crippen molar-refractivity contribution >= 4 is 28.5 Å². The third-order valence-electron chi connectivity index (χ3n) is 6.01. The molecular formula is C24H28F2N4O. The Labute approximate surface area is 181 Å². The van der Waals surface area contributed by atoms with Crippen molar-refractivity contribution in [2.45, 2.75) is 38.6 Å². The van der Waals surface area contributed by atoms with Gasteiger partial charge in [0.15, 0.2) is 0 Å². The number of carbonyl (C=O) groups is 1. The topological polar surface area (TPSA) is 56.4 Å². The molecule has 7 heteroatoms. The highest BCUT2D eigenvalue weighted by Gasteiger charge is 2.27. The second kappa shape index (κ2) is 9.47. The molecule has 0 aliphatic carbocycles. The second-order valence-electron chi connectivity index (χ2n) is 8.17. The van der Waals surface area contributed by atoms with E-state index in [-0.39, 0.29) is 17.0 Å². The van der Waals surface area contributed by atoms with Crippen LogP contribution in [-0.4, -0.2) is 36.5 Å². The molecule has 1 unspecified atom stereocenters. The molecule has 4 rings (SSSR count). The predicted octanol–water partition coefficient (Wildman–Crippen LogP) is 5.05. The summed E-state index contributed by atoms with van der Waals surface area (Å²) in [5.74, 6) is -1.25. The average molecular weight is 427 g/mol. The molecule has 5 nitrogen and oxygen atoms in total. The lowest BCUT2D eigenvalue weighted by atomic mass is 10.0. The lowest BCUT2D eigenvalue weighted by Crippen LogP contribution is -2.38. The highest BCUT2D eigenvalue weighted by atomic mass is 19.1. The molecule has 1 amide bonds. The van der Waals surface area contributed by atoms with Crippen molar-refractivity contribution in [1.29, 1.82) is 0 Å². The number of halogens is 2. The van der Waals surface area contributed by atoms with Crippen molar-refractivity contribution in [2.75, 3.05) is 35.6 Å². The molecule has 164 valence electrons. The van der Waals surface area contributed by atoms with Crippen LogP contribution in [-0.2, 0) is 4.79 Å². The number of fused-ring (bicyclic) bond motifs is 1. The first-order chi connectivity index (χ1) is 15.0. The molecule has 0 radical (unpaired) electrons. The van der Waals surface area contributed by atoms with E-state index in [0.29, 0.717) is 29.6 Å². The van der Waals surface area contributed by atoms with Gasteiger partial charge < -0.3 is 20.9 Å². The number of hydrogen-bond donors (Lipinski definition) is 3. The molecule has 2 aromatic carbocycles. The number of rotatable bonds is 7. The van der Waals surface area contributed by atoms with Crippen LogP contribution in [0.2, 0.25) is 0 Å². The van der Waals surface area contributed by atoms with Crippen molar-refractivity contribution in [3.05, 3.63) is 59.8 Å². The largest absolute Gasteiger partial charge is 0.383 e. The Bertz CT molecular complexity index is 992. The van der Waals surface area contributed by atoms with Crippen LogP contribution in [0, 0.1) is 11.6 Å². The summed E-state index contributed by atoms with van der Waals surface area (Å²) in [5.41, 5.74) is 1.77. The van der Waals surface area contributed by atoms with Crippen LogP contribution in [0.25, 0.3) is 5.57 Å². The summed E-state index contributed by atoms with van der Waals surface area (Å²) in [6, 6.07) is 9.88. The van der Waals surface area contributed by atoms with Crippen LogP contribution < -0.4 is 16.0 Å². The smallest absolute Gasteiger partial charge is 0.257 e. The van der Waals surface area contributed by atoms with E-state index in [1.165, 1.54) is 37.6 Å². The summed E-state index contributed by atoms with van der Waals surface area (Å²) < 4.78 is 28.6. The van der Waals surface area contributed by atoms with E-state index in [0.717, 1.165) is 19.5 Å². The Kier molecular flexibility index (Phi) is 6.51. The van der Waals surface area contributed by atoms with E-state index in [2.05, 4.69) is 27.8 Å². The van der Waals surface area contributed by atoms with Gasteiger partial charge in [0.05, 0.1) is 16.9 Å². The molecule has 2 aliphatic rings. The maximum atomic E-state index is 14.5. The molecule has 3 N–H and O–H groups in total. The fourth-order valence-corrected chi connectivity index (χ4v) is 4.24. The predicted molar refractivity (Wildman–Crippen MR) is 121 cm³/mol. The third-order valence-corrected chi connectivity index (χ3v) is 6.01. The minimum atomic E-state index is -0.478. The molecule has 2 heterocycles. The summed E-state index contributed by atoms with van der Waals surface area (Å²) in [4.78, 5) is 14.6. The fourth-order valence-electron chi connectivity index (χ4n) is 4.24. The number of carbonyl (C=O) groups excluding carboxylic acids is 1. The minimum absolute atomic E-state index is 0.183. The molecular weight excluding hydrogens is 398 g/mol. The number of hydrogen-bond acceptors (Lipinski definition) is 4. The number of piperidine rings is 1. The van der Waals surface area contributed by atoms with E-state index < -0.39 is 11.7 Å². The van der Waals surface area contributed by atoms with E-state index in [1.807, 2.05) is 0 Å². The van der Waals surface area contributed by atoms with Gasteiger partial charge in [0, 0.05) is 36.6 Å². The van der Waals surface area contributed by atoms with Gasteiger partial charge in [-0.3, -0.25) is 4.79 Å². The summed E-state index contributed by atoms with van der Waals surface area (Å²) in [5, 5.41) is 8.69. The standard InChI is InChI=1S/C24H28F2N4O/c1-16-6-2-3-12-30(16)13-5-11-27-21-10-9-17(14-20(21)26)28-15-18-23-19(25)7-4-8-22(23)29-24(18)31/h4,7-10,14-16,27-28H,2-3,5-6,11-13H2,1H3,(H,29,31)/b18-15-. The average Bonchev–Trinajstić information content (AvgIpc) is 3.08. The van der Waals surface area contributed by atoms with Gasteiger partial charge in [0.2, 0.25) is 0 Å². The van der Waals surface area contributed by atoms with E-state index >= 15 is 0 Å². The molecule has 0 aromatic heterocycles. The van der Waals surface area contributed by atoms with Gasteiger partial charge in [-0.1, -0.05) is 12.5 Å². The summed E-state index contributed by atoms with van der Waals surface area (Å²) in [7, 11) is 0. The molecule has 2 aliphatic heterocycles. The van der Waals surface area contributed by atoms with Crippen molar-refractivity contribution in [3.8, 4) is 0 Å². The number of nitrogens with zero attached hydrogens (tertiary/aromatic N) is 1. The van der Waals surface area contributed by atoms with Crippen LogP contribution in [0.4, 0.5) is 25.8 Å². The maximum Gasteiger partial charge on any atom is 0.257 e. The first-order valence-corrected chi connectivity index (χ1v) is 10.9. The molecule has 2 aromatic rings. The molecule has 1 saturated heterocycles. The first-order valence-electron chi connectivity index (χ1n) is 10.9. The van der Waals surface area contributed by atoms with E-state index in [4.69, 9.17) is 0 Å². The molecule has 0 bridgehead atoms. The summed E-state index contributed by atoms with van der Waals surface area (Å²) in [6.07, 6.45) is 6.19. The van der Waals surface area contributed by atoms with Gasteiger partial charge >= 0.3 is 0 Å². The van der Waals surface area contributed by atoms with Gasteiger partial charge in [0.25, 0.3) is 5.91 Å². The van der Waals surface area contributed by atoms with Crippen molar-refractivity contribution in [1.82, 2.24) is 4.90 Å². The second-order valence-corrected chi connectivity index (χ2v) is 8.17. The van der Waals surface area contributed by atoms with Crippen LogP contribution in [0.3, 0.4) is 0 Å². The van der Waals surface area contributed by atoms with Crippen molar-refractivity contribution in [2.24, 2.45) is 0 Å². The zero-order chi connectivity index (χ0) is 21.8. The van der Waals surface area contributed by atoms with Crippen LogP contribution >= 0.6 is 0 Å². The number of benzene rings is 2. The molecule has 1 atom stereocenters. The lowest BCUT2D eigenvalue weighted by molar-refractivity contribution is -0.110. The quantitative estimate of drug-likeness (QED) is 0.429. The Morgan fingerprint density at radius 3 is 2.87 bits per heavy atom. The molecule has 31 heavy (non-hydrogen) atoms. The van der Waals surface area contributed by atoms with Gasteiger partial charge in [-0.05, 0) is 63.1 Å². The molecule has 0 spiro atoms. The van der Waals surface area contributed by atoms with Crippen LogP contribution in [0.5, 0.6) is 0 Å². The van der Waals surface area contributed by atoms with Crippen LogP contribution in [0.15, 0.2) is 42.6 Å². The minimum Gasteiger partial charge on any atom is -0.383 e. The van der Waals surface area contributed by atoms with Gasteiger partial charge in [-0.2, -0.15) is 0 Å². The Morgan fingerprint density at radius 1 is 1.19 bits per heavy atom. The van der Waals surface area contributed by atoms with Gasteiger partial charge in [0.1, 0.15) is 11.6 Å². The highest BCUT2D eigenvalue weighted by Crippen LogP contribution is 2.33. The van der Waals surface area contributed by atoms with Crippen LogP contribution in [0.1, 0.15) is 38.2 Å². The van der Waals surface area contributed by atoms with Crippen molar-refractivity contribution in [3.63, 3.8) is 0 Å². The monoisotopic (exact) mass is 426 g/mol. The zero-order valence-corrected chi connectivity index (χ0v) is 17.7. The number of amides is 1. The van der Waals surface area contributed by atoms with Gasteiger partial charge in [-0.25, -0.2) is 8.78 Å². The fraction of sp³-hybridized carbons (Fsp3) is 0.375. The Balaban J connectivity index is 1.33. The normalized spacial score (nSPS) is 19.9. The van der Waals surface area contributed by atoms with Crippen molar-refractivity contribution < 1.29 is 13.6 Å². The summed E-state index contributed by atoms with van der Waals surface area (Å²) >= 11 is 0. The molecule has 1 fully saturated rings. The number of anilines is 3. The molecule has 0 saturated carbocycles. The number of nitrogens with one attached hydrogen (secondary N) is 3. The third kappa shape index (κ3) is 4.88. The van der Waals surface area contributed by atoms with E-state index in [9.17, 15) is 13.6 Å². The van der Waals surface area contributed by atoms with Gasteiger partial charge in [-0.15, -0.1) is 0 Å². The highest BCUT2D eigenvalue weighted by molar-refractivity contribution is 6.31. The Morgan fingerprint density at radius 2 is 2.06 bits per heavy atom. The maximum absolute atomic E-state index is 14.5. The lowest BCUT2D eigenvalue weighted by Gasteiger charge is -2.33. The SMILES string of the molecule is CC1CCCCN1CCCNc1ccc(N/C=C2\C(=O)Nc3cccc(F)c32)cc1F. The van der Waals surface area contributed by atoms with E-state index in [1.54, 1.807) is 24.3 Å². The summed E-state index contributed by atoms with van der Waals surface area (Å²) in [6.45, 7) is 5.14. The Hall–Kier alpha value is -2.93. The zero-order valence-electron chi connectivity index (χ0n) is 17.7. The first kappa shape index (κ1) is 21.3.